The first kappa shape index (κ1) is 9.48. The zero-order valence-electron chi connectivity index (χ0n) is 8.13. The van der Waals surface area contributed by atoms with Gasteiger partial charge >= 0.3 is 0 Å². The van der Waals surface area contributed by atoms with Crippen LogP contribution in [0, 0.1) is 5.82 Å². The molecule has 2 aromatic heterocycles. The van der Waals surface area contributed by atoms with Crippen LogP contribution in [0.2, 0.25) is 5.02 Å². The van der Waals surface area contributed by atoms with Crippen LogP contribution in [-0.2, 0) is 0 Å². The first-order valence-corrected chi connectivity index (χ1v) is 5.13. The smallest absolute Gasteiger partial charge is 0.150 e. The maximum atomic E-state index is 13.6. The van der Waals surface area contributed by atoms with Crippen molar-refractivity contribution in [2.75, 3.05) is 0 Å². The molecule has 0 aliphatic heterocycles. The molecule has 0 amide bonds. The third-order valence-corrected chi connectivity index (χ3v) is 2.65. The summed E-state index contributed by atoms with van der Waals surface area (Å²) in [6, 6.07) is 8.40. The fourth-order valence-electron chi connectivity index (χ4n) is 1.73. The molecular formula is C12H7ClFNO. The van der Waals surface area contributed by atoms with E-state index < -0.39 is 0 Å². The van der Waals surface area contributed by atoms with Crippen LogP contribution in [0.5, 0.6) is 0 Å². The Balaban J connectivity index is 2.27. The van der Waals surface area contributed by atoms with Gasteiger partial charge in [0, 0.05) is 10.4 Å². The zero-order chi connectivity index (χ0) is 11.1. The molecule has 0 fully saturated rings. The highest BCUT2D eigenvalue weighted by Crippen LogP contribution is 2.28. The Kier molecular flexibility index (Phi) is 2.01. The number of furan rings is 1. The number of rotatable bonds is 1. The lowest BCUT2D eigenvalue weighted by atomic mass is 10.2. The number of H-pyrrole nitrogens is 1. The number of hydrogen-bond donors (Lipinski definition) is 1. The Bertz CT molecular complexity index is 642. The average molecular weight is 236 g/mol. The molecule has 0 bridgehead atoms. The number of fused-ring (bicyclic) bond motifs is 1. The summed E-state index contributed by atoms with van der Waals surface area (Å²) in [5.41, 5.74) is 1.18. The maximum absolute atomic E-state index is 13.6. The molecule has 0 saturated carbocycles. The monoisotopic (exact) mass is 235 g/mol. The molecule has 1 aromatic carbocycles. The highest BCUT2D eigenvalue weighted by molar-refractivity contribution is 6.31. The third-order valence-electron chi connectivity index (χ3n) is 2.43. The van der Waals surface area contributed by atoms with Crippen LogP contribution in [0.3, 0.4) is 0 Å². The third kappa shape index (κ3) is 1.41. The Morgan fingerprint density at radius 3 is 2.88 bits per heavy atom. The Hall–Kier alpha value is -1.74. The fraction of sp³-hybridized carbons (Fsp3) is 0. The molecule has 0 spiro atoms. The van der Waals surface area contributed by atoms with Crippen LogP contribution in [0.1, 0.15) is 0 Å². The van der Waals surface area contributed by atoms with Gasteiger partial charge in [-0.1, -0.05) is 11.6 Å². The number of aromatic nitrogens is 1. The number of halogens is 2. The van der Waals surface area contributed by atoms with Crippen LogP contribution in [0.4, 0.5) is 4.39 Å². The molecule has 0 saturated heterocycles. The summed E-state index contributed by atoms with van der Waals surface area (Å²) in [4.78, 5) is 2.97. The van der Waals surface area contributed by atoms with Gasteiger partial charge in [0.2, 0.25) is 0 Å². The highest BCUT2D eigenvalue weighted by atomic mass is 35.5. The first-order chi connectivity index (χ1) is 7.74. The molecule has 0 atom stereocenters. The van der Waals surface area contributed by atoms with Gasteiger partial charge in [0.15, 0.2) is 0 Å². The van der Waals surface area contributed by atoms with E-state index in [1.807, 2.05) is 12.1 Å². The van der Waals surface area contributed by atoms with Crippen LogP contribution >= 0.6 is 11.6 Å². The summed E-state index contributed by atoms with van der Waals surface area (Å²) < 4.78 is 18.8. The van der Waals surface area contributed by atoms with E-state index in [0.29, 0.717) is 16.3 Å². The van der Waals surface area contributed by atoms with E-state index in [0.717, 1.165) is 11.1 Å². The predicted molar refractivity (Wildman–Crippen MR) is 61.0 cm³/mol. The van der Waals surface area contributed by atoms with E-state index >= 15 is 0 Å². The number of hydrogen-bond acceptors (Lipinski definition) is 1. The minimum atomic E-state index is -0.361. The van der Waals surface area contributed by atoms with Gasteiger partial charge in [-0.3, -0.25) is 0 Å². The highest BCUT2D eigenvalue weighted by Gasteiger charge is 2.09. The predicted octanol–water partition coefficient (Wildman–Crippen LogP) is 4.22. The molecule has 16 heavy (non-hydrogen) atoms. The molecule has 0 unspecified atom stereocenters. The van der Waals surface area contributed by atoms with E-state index in [2.05, 4.69) is 4.98 Å². The number of benzene rings is 1. The van der Waals surface area contributed by atoms with E-state index in [1.165, 1.54) is 6.07 Å². The Labute approximate surface area is 95.6 Å². The largest absolute Gasteiger partial charge is 0.463 e. The second kappa shape index (κ2) is 3.39. The molecular weight excluding hydrogens is 229 g/mol. The van der Waals surface area contributed by atoms with Gasteiger partial charge in [-0.25, -0.2) is 4.39 Å². The van der Waals surface area contributed by atoms with Gasteiger partial charge in [-0.15, -0.1) is 0 Å². The Morgan fingerprint density at radius 1 is 1.25 bits per heavy atom. The molecule has 2 heterocycles. The quantitative estimate of drug-likeness (QED) is 0.672. The fourth-order valence-corrected chi connectivity index (χ4v) is 1.94. The average Bonchev–Trinajstić information content (AvgIpc) is 2.82. The van der Waals surface area contributed by atoms with Gasteiger partial charge in [-0.2, -0.15) is 0 Å². The lowest BCUT2D eigenvalue weighted by Crippen LogP contribution is -1.77. The minimum absolute atomic E-state index is 0.361. The van der Waals surface area contributed by atoms with Crippen molar-refractivity contribution in [3.05, 3.63) is 47.4 Å². The molecule has 0 aliphatic carbocycles. The molecule has 4 heteroatoms. The van der Waals surface area contributed by atoms with Crippen molar-refractivity contribution >= 4 is 22.5 Å². The summed E-state index contributed by atoms with van der Waals surface area (Å²) in [5.74, 6) is 0.312. The summed E-state index contributed by atoms with van der Waals surface area (Å²) in [5, 5.41) is 1.12. The van der Waals surface area contributed by atoms with Crippen LogP contribution < -0.4 is 0 Å². The van der Waals surface area contributed by atoms with Crippen molar-refractivity contribution in [1.29, 1.82) is 0 Å². The summed E-state index contributed by atoms with van der Waals surface area (Å²) >= 11 is 5.78. The standard InChI is InChI=1S/C12H7ClFNO/c13-8-4-7-5-10(11-2-1-3-16-11)15-12(7)9(14)6-8/h1-6,15H. The SMILES string of the molecule is Fc1cc(Cl)cc2cc(-c3ccco3)[nH]c12. The molecule has 0 radical (unpaired) electrons. The van der Waals surface area contributed by atoms with Gasteiger partial charge in [0.05, 0.1) is 17.5 Å². The van der Waals surface area contributed by atoms with Gasteiger partial charge in [-0.05, 0) is 30.3 Å². The zero-order valence-corrected chi connectivity index (χ0v) is 8.88. The molecule has 1 N–H and O–H groups in total. The van der Waals surface area contributed by atoms with E-state index in [1.54, 1.807) is 18.4 Å². The number of nitrogens with one attached hydrogen (secondary N) is 1. The van der Waals surface area contributed by atoms with Crippen molar-refractivity contribution in [2.45, 2.75) is 0 Å². The summed E-state index contributed by atoms with van der Waals surface area (Å²) in [7, 11) is 0. The minimum Gasteiger partial charge on any atom is -0.463 e. The second-order valence-electron chi connectivity index (χ2n) is 3.51. The van der Waals surface area contributed by atoms with Crippen molar-refractivity contribution < 1.29 is 8.81 Å². The molecule has 3 aromatic rings. The molecule has 2 nitrogen and oxygen atoms in total. The van der Waals surface area contributed by atoms with Crippen molar-refractivity contribution in [3.63, 3.8) is 0 Å². The maximum Gasteiger partial charge on any atom is 0.150 e. The topological polar surface area (TPSA) is 28.9 Å². The van der Waals surface area contributed by atoms with Gasteiger partial charge in [0.1, 0.15) is 11.6 Å². The lowest BCUT2D eigenvalue weighted by molar-refractivity contribution is 0.580. The van der Waals surface area contributed by atoms with E-state index in [-0.39, 0.29) is 5.82 Å². The van der Waals surface area contributed by atoms with Crippen molar-refractivity contribution in [3.8, 4) is 11.5 Å². The van der Waals surface area contributed by atoms with Crippen molar-refractivity contribution in [2.24, 2.45) is 0 Å². The van der Waals surface area contributed by atoms with Gasteiger partial charge in [0.25, 0.3) is 0 Å². The summed E-state index contributed by atoms with van der Waals surface area (Å²) in [6.45, 7) is 0. The van der Waals surface area contributed by atoms with Crippen LogP contribution in [0.15, 0.2) is 41.0 Å². The lowest BCUT2D eigenvalue weighted by Gasteiger charge is -1.93. The van der Waals surface area contributed by atoms with Crippen LogP contribution in [-0.4, -0.2) is 4.98 Å². The van der Waals surface area contributed by atoms with Crippen molar-refractivity contribution in [1.82, 2.24) is 4.98 Å². The van der Waals surface area contributed by atoms with E-state index in [9.17, 15) is 4.39 Å². The molecule has 3 rings (SSSR count). The second-order valence-corrected chi connectivity index (χ2v) is 3.95. The normalized spacial score (nSPS) is 11.1. The first-order valence-electron chi connectivity index (χ1n) is 4.76. The molecule has 80 valence electrons. The Morgan fingerprint density at radius 2 is 2.12 bits per heavy atom. The number of aromatic amines is 1. The van der Waals surface area contributed by atoms with E-state index in [4.69, 9.17) is 16.0 Å². The molecule has 0 aliphatic rings. The van der Waals surface area contributed by atoms with Crippen LogP contribution in [0.25, 0.3) is 22.4 Å². The summed E-state index contributed by atoms with van der Waals surface area (Å²) in [6.07, 6.45) is 1.57. The van der Waals surface area contributed by atoms with Gasteiger partial charge < -0.3 is 9.40 Å².